The molecule has 6 heteroatoms. The van der Waals surface area contributed by atoms with Gasteiger partial charge in [-0.1, -0.05) is 30.3 Å². The monoisotopic (exact) mass is 352 g/mol. The lowest BCUT2D eigenvalue weighted by atomic mass is 9.96. The minimum Gasteiger partial charge on any atom is -0.342 e. The SMILES string of the molecule is O=C(Cc1ccsc1)N1CCC(c2nc(-c3ccccc3)n[nH]2)CC1. The summed E-state index contributed by atoms with van der Waals surface area (Å²) in [4.78, 5) is 19.0. The van der Waals surface area contributed by atoms with Gasteiger partial charge in [0.15, 0.2) is 5.82 Å². The van der Waals surface area contributed by atoms with Crippen LogP contribution in [0.2, 0.25) is 0 Å². The highest BCUT2D eigenvalue weighted by molar-refractivity contribution is 7.08. The molecule has 0 radical (unpaired) electrons. The Morgan fingerprint density at radius 3 is 2.72 bits per heavy atom. The van der Waals surface area contributed by atoms with Crippen molar-refractivity contribution < 1.29 is 4.79 Å². The molecule has 1 saturated heterocycles. The summed E-state index contributed by atoms with van der Waals surface area (Å²) in [5.74, 6) is 2.24. The Morgan fingerprint density at radius 1 is 1.20 bits per heavy atom. The summed E-state index contributed by atoms with van der Waals surface area (Å²) in [6, 6.07) is 12.0. The van der Waals surface area contributed by atoms with Gasteiger partial charge in [-0.25, -0.2) is 4.98 Å². The molecule has 3 aromatic rings. The molecule has 1 aliphatic heterocycles. The second-order valence-electron chi connectivity index (χ2n) is 6.37. The zero-order valence-electron chi connectivity index (χ0n) is 13.9. The zero-order valence-corrected chi connectivity index (χ0v) is 14.7. The average Bonchev–Trinajstić information content (AvgIpc) is 3.34. The lowest BCUT2D eigenvalue weighted by Crippen LogP contribution is -2.38. The third-order valence-corrected chi connectivity index (χ3v) is 5.44. The number of nitrogens with zero attached hydrogens (tertiary/aromatic N) is 3. The van der Waals surface area contributed by atoms with E-state index in [1.807, 2.05) is 52.1 Å². The summed E-state index contributed by atoms with van der Waals surface area (Å²) >= 11 is 1.64. The number of aromatic amines is 1. The number of nitrogens with one attached hydrogen (secondary N) is 1. The fourth-order valence-corrected chi connectivity index (χ4v) is 3.92. The number of piperidine rings is 1. The molecule has 25 heavy (non-hydrogen) atoms. The van der Waals surface area contributed by atoms with E-state index in [2.05, 4.69) is 15.2 Å². The van der Waals surface area contributed by atoms with Gasteiger partial charge < -0.3 is 4.90 Å². The van der Waals surface area contributed by atoms with Crippen LogP contribution in [0.15, 0.2) is 47.2 Å². The first-order valence-corrected chi connectivity index (χ1v) is 9.50. The molecule has 1 aliphatic rings. The number of hydrogen-bond acceptors (Lipinski definition) is 4. The van der Waals surface area contributed by atoms with Gasteiger partial charge in [0.1, 0.15) is 5.82 Å². The highest BCUT2D eigenvalue weighted by Crippen LogP contribution is 2.27. The van der Waals surface area contributed by atoms with Crippen LogP contribution in [0, 0.1) is 0 Å². The second kappa shape index (κ2) is 7.19. The molecule has 4 rings (SSSR count). The van der Waals surface area contributed by atoms with Crippen molar-refractivity contribution in [3.05, 3.63) is 58.5 Å². The summed E-state index contributed by atoms with van der Waals surface area (Å²) in [5.41, 5.74) is 2.13. The molecule has 0 unspecified atom stereocenters. The minimum atomic E-state index is 0.222. The zero-order chi connectivity index (χ0) is 17.1. The van der Waals surface area contributed by atoms with Crippen molar-refractivity contribution in [3.8, 4) is 11.4 Å². The number of rotatable bonds is 4. The first kappa shape index (κ1) is 16.0. The summed E-state index contributed by atoms with van der Waals surface area (Å²) in [7, 11) is 0. The number of thiophene rings is 1. The standard InChI is InChI=1S/C19H20N4OS/c24-17(12-14-8-11-25-13-14)23-9-6-16(7-10-23)19-20-18(21-22-19)15-4-2-1-3-5-15/h1-5,8,11,13,16H,6-7,9-10,12H2,(H,20,21,22). The van der Waals surface area contributed by atoms with Crippen molar-refractivity contribution in [2.24, 2.45) is 0 Å². The molecule has 0 aliphatic carbocycles. The van der Waals surface area contributed by atoms with Crippen molar-refractivity contribution in [1.82, 2.24) is 20.1 Å². The van der Waals surface area contributed by atoms with Crippen LogP contribution in [-0.4, -0.2) is 39.1 Å². The fourth-order valence-electron chi connectivity index (χ4n) is 3.26. The van der Waals surface area contributed by atoms with Crippen molar-refractivity contribution in [2.45, 2.75) is 25.2 Å². The Morgan fingerprint density at radius 2 is 2.00 bits per heavy atom. The molecule has 0 atom stereocenters. The molecular weight excluding hydrogens is 332 g/mol. The van der Waals surface area contributed by atoms with Gasteiger partial charge in [-0.15, -0.1) is 0 Å². The Balaban J connectivity index is 1.36. The Bertz CT molecular complexity index is 820. The summed E-state index contributed by atoms with van der Waals surface area (Å²) in [6.07, 6.45) is 2.37. The fraction of sp³-hybridized carbons (Fsp3) is 0.316. The van der Waals surface area contributed by atoms with E-state index in [1.165, 1.54) is 0 Å². The summed E-state index contributed by atoms with van der Waals surface area (Å²) in [6.45, 7) is 1.57. The van der Waals surface area contributed by atoms with E-state index in [0.717, 1.165) is 48.7 Å². The van der Waals surface area contributed by atoms with Gasteiger partial charge in [-0.3, -0.25) is 9.89 Å². The van der Waals surface area contributed by atoms with Crippen LogP contribution in [0.3, 0.4) is 0 Å². The molecule has 128 valence electrons. The Hall–Kier alpha value is -2.47. The predicted octanol–water partition coefficient (Wildman–Crippen LogP) is 3.48. The van der Waals surface area contributed by atoms with E-state index in [0.29, 0.717) is 12.3 Å². The normalized spacial score (nSPS) is 15.4. The van der Waals surface area contributed by atoms with Gasteiger partial charge in [-0.2, -0.15) is 16.4 Å². The van der Waals surface area contributed by atoms with Crippen LogP contribution in [0.4, 0.5) is 0 Å². The van der Waals surface area contributed by atoms with Crippen molar-refractivity contribution in [2.75, 3.05) is 13.1 Å². The molecule has 1 fully saturated rings. The number of amides is 1. The number of aromatic nitrogens is 3. The van der Waals surface area contributed by atoms with E-state index in [4.69, 9.17) is 0 Å². The number of likely N-dealkylation sites (tertiary alicyclic amines) is 1. The maximum Gasteiger partial charge on any atom is 0.227 e. The van der Waals surface area contributed by atoms with E-state index in [-0.39, 0.29) is 5.91 Å². The summed E-state index contributed by atoms with van der Waals surface area (Å²) in [5, 5.41) is 11.5. The van der Waals surface area contributed by atoms with Gasteiger partial charge in [0, 0.05) is 24.6 Å². The minimum absolute atomic E-state index is 0.222. The molecule has 0 bridgehead atoms. The number of carbonyl (C=O) groups is 1. The van der Waals surface area contributed by atoms with Crippen LogP contribution in [-0.2, 0) is 11.2 Å². The number of carbonyl (C=O) groups excluding carboxylic acids is 1. The van der Waals surface area contributed by atoms with Crippen molar-refractivity contribution >= 4 is 17.2 Å². The molecule has 1 amide bonds. The van der Waals surface area contributed by atoms with Gasteiger partial charge in [0.25, 0.3) is 0 Å². The highest BCUT2D eigenvalue weighted by Gasteiger charge is 2.26. The number of H-pyrrole nitrogens is 1. The highest BCUT2D eigenvalue weighted by atomic mass is 32.1. The maximum absolute atomic E-state index is 12.4. The van der Waals surface area contributed by atoms with Gasteiger partial charge in [0.2, 0.25) is 5.91 Å². The van der Waals surface area contributed by atoms with Gasteiger partial charge in [0.05, 0.1) is 6.42 Å². The third-order valence-electron chi connectivity index (χ3n) is 4.70. The van der Waals surface area contributed by atoms with Gasteiger partial charge in [-0.05, 0) is 35.2 Å². The quantitative estimate of drug-likeness (QED) is 0.782. The van der Waals surface area contributed by atoms with E-state index in [1.54, 1.807) is 11.3 Å². The van der Waals surface area contributed by atoms with Crippen LogP contribution in [0.5, 0.6) is 0 Å². The molecule has 0 spiro atoms. The largest absolute Gasteiger partial charge is 0.342 e. The van der Waals surface area contributed by atoms with E-state index < -0.39 is 0 Å². The maximum atomic E-state index is 12.4. The third kappa shape index (κ3) is 3.64. The number of hydrogen-bond donors (Lipinski definition) is 1. The molecular formula is C19H20N4OS. The molecule has 0 saturated carbocycles. The van der Waals surface area contributed by atoms with Crippen LogP contribution in [0.1, 0.15) is 30.1 Å². The lowest BCUT2D eigenvalue weighted by Gasteiger charge is -2.31. The van der Waals surface area contributed by atoms with Crippen LogP contribution < -0.4 is 0 Å². The van der Waals surface area contributed by atoms with Crippen molar-refractivity contribution in [1.29, 1.82) is 0 Å². The lowest BCUT2D eigenvalue weighted by molar-refractivity contribution is -0.131. The van der Waals surface area contributed by atoms with Gasteiger partial charge >= 0.3 is 0 Å². The summed E-state index contributed by atoms with van der Waals surface area (Å²) < 4.78 is 0. The topological polar surface area (TPSA) is 61.9 Å². The van der Waals surface area contributed by atoms with Crippen molar-refractivity contribution in [3.63, 3.8) is 0 Å². The first-order valence-electron chi connectivity index (χ1n) is 8.56. The van der Waals surface area contributed by atoms with E-state index in [9.17, 15) is 4.79 Å². The molecule has 1 aromatic carbocycles. The smallest absolute Gasteiger partial charge is 0.227 e. The van der Waals surface area contributed by atoms with Crippen LogP contribution >= 0.6 is 11.3 Å². The first-order chi connectivity index (χ1) is 12.3. The molecule has 2 aromatic heterocycles. The Labute approximate surface area is 150 Å². The van der Waals surface area contributed by atoms with Crippen LogP contribution in [0.25, 0.3) is 11.4 Å². The number of benzene rings is 1. The molecule has 3 heterocycles. The average molecular weight is 352 g/mol. The molecule has 1 N–H and O–H groups in total. The van der Waals surface area contributed by atoms with E-state index >= 15 is 0 Å². The molecule has 5 nitrogen and oxygen atoms in total. The predicted molar refractivity (Wildman–Crippen MR) is 98.4 cm³/mol. The Kier molecular flexibility index (Phi) is 4.61. The second-order valence-corrected chi connectivity index (χ2v) is 7.15.